The summed E-state index contributed by atoms with van der Waals surface area (Å²) in [6, 6.07) is 19.2. The van der Waals surface area contributed by atoms with Gasteiger partial charge in [-0.25, -0.2) is 9.78 Å². The van der Waals surface area contributed by atoms with Crippen LogP contribution in [0.1, 0.15) is 34.0 Å². The number of nitrogens with zero attached hydrogens (tertiary/aromatic N) is 1. The molecule has 0 atom stereocenters. The molecule has 3 N–H and O–H groups in total. The first-order chi connectivity index (χ1) is 15.5. The summed E-state index contributed by atoms with van der Waals surface area (Å²) in [4.78, 5) is 39.4. The molecule has 2 amide bonds. The minimum atomic E-state index is -1.02. The standard InChI is InChI=1S/C24H21N3O5/c28-21(29)11-13-26-23(30)22-20(10-5-12-25-22)27-24(31)32-14-19-17-8-3-1-6-15(17)16-7-2-4-9-18(16)19/h1-10,12,19H,11,13-14H2,(H,26,30)(H,27,31)(H,28,29). The van der Waals surface area contributed by atoms with Gasteiger partial charge in [-0.3, -0.25) is 14.9 Å². The molecule has 0 radical (unpaired) electrons. The van der Waals surface area contributed by atoms with Crippen LogP contribution in [0, 0.1) is 0 Å². The number of ether oxygens (including phenoxy) is 1. The molecular weight excluding hydrogens is 410 g/mol. The van der Waals surface area contributed by atoms with Crippen LogP contribution >= 0.6 is 0 Å². The number of carbonyl (C=O) groups excluding carboxylic acids is 2. The normalized spacial score (nSPS) is 11.9. The molecule has 4 rings (SSSR count). The van der Waals surface area contributed by atoms with E-state index < -0.39 is 18.0 Å². The number of carboxylic acid groups (broad SMARTS) is 1. The van der Waals surface area contributed by atoms with Crippen molar-refractivity contribution in [1.29, 1.82) is 0 Å². The van der Waals surface area contributed by atoms with Crippen LogP contribution < -0.4 is 10.6 Å². The first-order valence-corrected chi connectivity index (χ1v) is 10.1. The van der Waals surface area contributed by atoms with Crippen molar-refractivity contribution < 1.29 is 24.2 Å². The summed E-state index contributed by atoms with van der Waals surface area (Å²) in [6.45, 7) is 0.0926. The van der Waals surface area contributed by atoms with Gasteiger partial charge in [-0.15, -0.1) is 0 Å². The first kappa shape index (κ1) is 21.0. The lowest BCUT2D eigenvalue weighted by atomic mass is 9.98. The van der Waals surface area contributed by atoms with Gasteiger partial charge in [0.15, 0.2) is 5.69 Å². The van der Waals surface area contributed by atoms with Gasteiger partial charge in [0.25, 0.3) is 5.91 Å². The van der Waals surface area contributed by atoms with Crippen molar-refractivity contribution in [2.75, 3.05) is 18.5 Å². The predicted molar refractivity (Wildman–Crippen MR) is 118 cm³/mol. The Morgan fingerprint density at radius 3 is 2.25 bits per heavy atom. The van der Waals surface area contributed by atoms with Gasteiger partial charge in [-0.2, -0.15) is 0 Å². The van der Waals surface area contributed by atoms with E-state index in [1.807, 2.05) is 36.4 Å². The number of anilines is 1. The molecule has 1 aromatic heterocycles. The highest BCUT2D eigenvalue weighted by molar-refractivity contribution is 6.01. The average Bonchev–Trinajstić information content (AvgIpc) is 3.11. The second kappa shape index (κ2) is 9.30. The number of amides is 2. The van der Waals surface area contributed by atoms with E-state index in [9.17, 15) is 14.4 Å². The van der Waals surface area contributed by atoms with Crippen molar-refractivity contribution in [2.24, 2.45) is 0 Å². The van der Waals surface area contributed by atoms with E-state index in [0.29, 0.717) is 0 Å². The molecule has 0 spiro atoms. The van der Waals surface area contributed by atoms with Crippen molar-refractivity contribution in [3.05, 3.63) is 83.7 Å². The van der Waals surface area contributed by atoms with E-state index in [1.165, 1.54) is 12.3 Å². The second-order valence-corrected chi connectivity index (χ2v) is 7.25. The molecular formula is C24H21N3O5. The number of benzene rings is 2. The summed E-state index contributed by atoms with van der Waals surface area (Å²) < 4.78 is 5.50. The maximum absolute atomic E-state index is 12.5. The van der Waals surface area contributed by atoms with Crippen LogP contribution in [0.3, 0.4) is 0 Å². The Bertz CT molecular complexity index is 1130. The van der Waals surface area contributed by atoms with Gasteiger partial charge in [-0.1, -0.05) is 48.5 Å². The van der Waals surface area contributed by atoms with Crippen molar-refractivity contribution in [3.8, 4) is 11.1 Å². The van der Waals surface area contributed by atoms with E-state index in [-0.39, 0.29) is 36.9 Å². The number of carbonyl (C=O) groups is 3. The highest BCUT2D eigenvalue weighted by Crippen LogP contribution is 2.44. The predicted octanol–water partition coefficient (Wildman–Crippen LogP) is 3.65. The Morgan fingerprint density at radius 2 is 1.59 bits per heavy atom. The van der Waals surface area contributed by atoms with Gasteiger partial charge >= 0.3 is 12.1 Å². The Balaban J connectivity index is 1.42. The lowest BCUT2D eigenvalue weighted by Gasteiger charge is -2.15. The second-order valence-electron chi connectivity index (χ2n) is 7.25. The topological polar surface area (TPSA) is 118 Å². The van der Waals surface area contributed by atoms with Gasteiger partial charge in [0.2, 0.25) is 0 Å². The van der Waals surface area contributed by atoms with Crippen LogP contribution in [0.4, 0.5) is 10.5 Å². The minimum absolute atomic E-state index is 0.0219. The van der Waals surface area contributed by atoms with E-state index in [4.69, 9.17) is 9.84 Å². The number of carboxylic acids is 1. The van der Waals surface area contributed by atoms with Gasteiger partial charge in [-0.05, 0) is 34.4 Å². The number of nitrogens with one attached hydrogen (secondary N) is 2. The summed E-state index contributed by atoms with van der Waals surface area (Å²) >= 11 is 0. The average molecular weight is 431 g/mol. The molecule has 8 nitrogen and oxygen atoms in total. The molecule has 0 saturated heterocycles. The molecule has 162 valence electrons. The van der Waals surface area contributed by atoms with Crippen LogP contribution in [0.25, 0.3) is 11.1 Å². The fraction of sp³-hybridized carbons (Fsp3) is 0.167. The zero-order chi connectivity index (χ0) is 22.5. The number of fused-ring (bicyclic) bond motifs is 3. The largest absolute Gasteiger partial charge is 0.481 e. The first-order valence-electron chi connectivity index (χ1n) is 10.1. The van der Waals surface area contributed by atoms with Crippen LogP contribution in [-0.2, 0) is 9.53 Å². The molecule has 3 aromatic rings. The van der Waals surface area contributed by atoms with Crippen molar-refractivity contribution in [2.45, 2.75) is 12.3 Å². The monoisotopic (exact) mass is 431 g/mol. The number of aromatic nitrogens is 1. The van der Waals surface area contributed by atoms with E-state index >= 15 is 0 Å². The van der Waals surface area contributed by atoms with Crippen molar-refractivity contribution in [1.82, 2.24) is 10.3 Å². The Morgan fingerprint density at radius 1 is 0.938 bits per heavy atom. The highest BCUT2D eigenvalue weighted by atomic mass is 16.5. The van der Waals surface area contributed by atoms with Crippen molar-refractivity contribution in [3.63, 3.8) is 0 Å². The van der Waals surface area contributed by atoms with Gasteiger partial charge in [0, 0.05) is 18.7 Å². The fourth-order valence-electron chi connectivity index (χ4n) is 3.80. The SMILES string of the molecule is O=C(O)CCNC(=O)c1ncccc1NC(=O)OCC1c2ccccc2-c2ccccc21. The third-order valence-electron chi connectivity index (χ3n) is 5.23. The zero-order valence-electron chi connectivity index (χ0n) is 17.1. The highest BCUT2D eigenvalue weighted by Gasteiger charge is 2.29. The maximum Gasteiger partial charge on any atom is 0.411 e. The Hall–Kier alpha value is -4.20. The van der Waals surface area contributed by atoms with Crippen molar-refractivity contribution >= 4 is 23.7 Å². The summed E-state index contributed by atoms with van der Waals surface area (Å²) in [7, 11) is 0. The number of rotatable bonds is 7. The molecule has 1 aliphatic carbocycles. The third kappa shape index (κ3) is 4.44. The lowest BCUT2D eigenvalue weighted by molar-refractivity contribution is -0.136. The molecule has 0 fully saturated rings. The van der Waals surface area contributed by atoms with Crippen LogP contribution in [0.2, 0.25) is 0 Å². The van der Waals surface area contributed by atoms with Gasteiger partial charge in [0.05, 0.1) is 12.1 Å². The summed E-state index contributed by atoms with van der Waals surface area (Å²) in [6.07, 6.45) is 0.488. The molecule has 8 heteroatoms. The number of aliphatic carboxylic acids is 1. The molecule has 32 heavy (non-hydrogen) atoms. The number of hydrogen-bond donors (Lipinski definition) is 3. The van der Waals surface area contributed by atoms with Crippen LogP contribution in [-0.4, -0.2) is 41.2 Å². The molecule has 0 unspecified atom stereocenters. The summed E-state index contributed by atoms with van der Waals surface area (Å²) in [5, 5.41) is 13.7. The lowest BCUT2D eigenvalue weighted by Crippen LogP contribution is -2.28. The Kier molecular flexibility index (Phi) is 6.12. The zero-order valence-corrected chi connectivity index (χ0v) is 17.1. The van der Waals surface area contributed by atoms with Gasteiger partial charge in [0.1, 0.15) is 6.61 Å². The third-order valence-corrected chi connectivity index (χ3v) is 5.23. The molecule has 0 bridgehead atoms. The van der Waals surface area contributed by atoms with E-state index in [0.717, 1.165) is 22.3 Å². The molecule has 0 aliphatic heterocycles. The fourth-order valence-corrected chi connectivity index (χ4v) is 3.80. The molecule has 1 heterocycles. The quantitative estimate of drug-likeness (QED) is 0.526. The summed E-state index contributed by atoms with van der Waals surface area (Å²) in [5.74, 6) is -1.69. The van der Waals surface area contributed by atoms with Gasteiger partial charge < -0.3 is 15.2 Å². The molecule has 2 aromatic carbocycles. The number of hydrogen-bond acceptors (Lipinski definition) is 5. The Labute approximate surface area is 184 Å². The van der Waals surface area contributed by atoms with E-state index in [2.05, 4.69) is 27.8 Å². The van der Waals surface area contributed by atoms with Crippen LogP contribution in [0.15, 0.2) is 66.9 Å². The maximum atomic E-state index is 12.5. The smallest absolute Gasteiger partial charge is 0.411 e. The minimum Gasteiger partial charge on any atom is -0.481 e. The number of pyridine rings is 1. The summed E-state index contributed by atoms with van der Waals surface area (Å²) in [5.41, 5.74) is 4.61. The van der Waals surface area contributed by atoms with E-state index in [1.54, 1.807) is 6.07 Å². The van der Waals surface area contributed by atoms with Crippen LogP contribution in [0.5, 0.6) is 0 Å². The molecule has 1 aliphatic rings. The molecule has 0 saturated carbocycles.